The Labute approximate surface area is 197 Å². The average Bonchev–Trinajstić information content (AvgIpc) is 3.27. The van der Waals surface area contributed by atoms with Crippen LogP contribution in [0.3, 0.4) is 0 Å². The molecule has 174 valence electrons. The van der Waals surface area contributed by atoms with Gasteiger partial charge in [0.1, 0.15) is 5.60 Å². The summed E-state index contributed by atoms with van der Waals surface area (Å²) in [5.41, 5.74) is 4.01. The minimum Gasteiger partial charge on any atom is -0.444 e. The van der Waals surface area contributed by atoms with Crippen LogP contribution in [-0.2, 0) is 24.2 Å². The fourth-order valence-corrected chi connectivity index (χ4v) is 4.74. The molecule has 0 unspecified atom stereocenters. The maximum atomic E-state index is 12.9. The third-order valence-electron chi connectivity index (χ3n) is 5.23. The molecule has 33 heavy (non-hydrogen) atoms. The van der Waals surface area contributed by atoms with Crippen LogP contribution in [0.2, 0.25) is 0 Å². The summed E-state index contributed by atoms with van der Waals surface area (Å²) >= 11 is 1.40. The number of hydrogen-bond acceptors (Lipinski definition) is 6. The van der Waals surface area contributed by atoms with E-state index >= 15 is 0 Å². The smallest absolute Gasteiger partial charge is 0.410 e. The second kappa shape index (κ2) is 8.97. The van der Waals surface area contributed by atoms with Gasteiger partial charge in [0.25, 0.3) is 5.91 Å². The molecular weight excluding hydrogens is 438 g/mol. The van der Waals surface area contributed by atoms with Crippen molar-refractivity contribution < 1.29 is 14.3 Å². The normalized spacial score (nSPS) is 13.5. The molecule has 0 radical (unpaired) electrons. The molecule has 1 aliphatic heterocycles. The van der Waals surface area contributed by atoms with Gasteiger partial charge in [-0.05, 0) is 58.4 Å². The molecule has 0 atom stereocenters. The summed E-state index contributed by atoms with van der Waals surface area (Å²) in [5.74, 6) is -0.208. The zero-order valence-corrected chi connectivity index (χ0v) is 20.5. The number of fused-ring (bicyclic) bond motifs is 1. The van der Waals surface area contributed by atoms with Crippen LogP contribution >= 0.6 is 11.3 Å². The zero-order chi connectivity index (χ0) is 23.8. The number of benzene rings is 1. The van der Waals surface area contributed by atoms with Crippen LogP contribution in [0.4, 0.5) is 9.93 Å². The van der Waals surface area contributed by atoms with Gasteiger partial charge >= 0.3 is 6.09 Å². The molecule has 2 amide bonds. The molecule has 0 bridgehead atoms. The van der Waals surface area contributed by atoms with Gasteiger partial charge in [-0.1, -0.05) is 23.5 Å². The van der Waals surface area contributed by atoms with Crippen LogP contribution in [-0.4, -0.2) is 43.8 Å². The molecule has 2 aromatic heterocycles. The van der Waals surface area contributed by atoms with Crippen LogP contribution in [0.1, 0.15) is 58.7 Å². The van der Waals surface area contributed by atoms with Gasteiger partial charge in [-0.2, -0.15) is 5.10 Å². The lowest BCUT2D eigenvalue weighted by atomic mass is 10.1. The lowest BCUT2D eigenvalue weighted by Crippen LogP contribution is -2.39. The maximum absolute atomic E-state index is 12.9. The molecule has 1 aliphatic rings. The van der Waals surface area contributed by atoms with E-state index in [0.717, 1.165) is 27.5 Å². The monoisotopic (exact) mass is 467 g/mol. The van der Waals surface area contributed by atoms with Crippen molar-refractivity contribution in [3.8, 4) is 0 Å². The first-order valence-corrected chi connectivity index (χ1v) is 11.8. The summed E-state index contributed by atoms with van der Waals surface area (Å²) in [4.78, 5) is 32.5. The molecule has 1 aromatic carbocycles. The summed E-state index contributed by atoms with van der Waals surface area (Å²) in [6.07, 6.45) is 0.311. The van der Waals surface area contributed by atoms with E-state index in [4.69, 9.17) is 4.74 Å². The second-order valence-corrected chi connectivity index (χ2v) is 10.4. The standard InChI is InChI=1S/C24H29N5O3S/c1-15-11-16(2)29(27-15)13-17-7-6-8-18(12-17)21(30)26-22-25-19-9-10-28(14-20(19)33-22)23(31)32-24(3,4)5/h6-8,11-12H,9-10,13-14H2,1-5H3,(H,25,26,30). The Morgan fingerprint density at radius 1 is 1.21 bits per heavy atom. The van der Waals surface area contributed by atoms with E-state index in [0.29, 0.717) is 36.8 Å². The summed E-state index contributed by atoms with van der Waals surface area (Å²) in [6.45, 7) is 11.1. The number of aromatic nitrogens is 3. The first-order chi connectivity index (χ1) is 15.6. The molecule has 0 spiro atoms. The molecule has 0 fully saturated rings. The van der Waals surface area contributed by atoms with Gasteiger partial charge in [0, 0.05) is 29.1 Å². The summed E-state index contributed by atoms with van der Waals surface area (Å²) in [6, 6.07) is 9.56. The molecule has 9 heteroatoms. The summed E-state index contributed by atoms with van der Waals surface area (Å²) in [7, 11) is 0. The van der Waals surface area contributed by atoms with Gasteiger partial charge in [-0.25, -0.2) is 9.78 Å². The van der Waals surface area contributed by atoms with Crippen LogP contribution in [0.15, 0.2) is 30.3 Å². The van der Waals surface area contributed by atoms with Crippen LogP contribution in [0.5, 0.6) is 0 Å². The lowest BCUT2D eigenvalue weighted by molar-refractivity contribution is 0.0225. The molecular formula is C24H29N5O3S. The number of aryl methyl sites for hydroxylation is 2. The van der Waals surface area contributed by atoms with Gasteiger partial charge < -0.3 is 9.64 Å². The van der Waals surface area contributed by atoms with Crippen LogP contribution in [0.25, 0.3) is 0 Å². The SMILES string of the molecule is Cc1cc(C)n(Cc2cccc(C(=O)Nc3nc4c(s3)CN(C(=O)OC(C)(C)C)CC4)c2)n1. The van der Waals surface area contributed by atoms with Crippen molar-refractivity contribution in [1.82, 2.24) is 19.7 Å². The molecule has 8 nitrogen and oxygen atoms in total. The second-order valence-electron chi connectivity index (χ2n) is 9.28. The fourth-order valence-electron chi connectivity index (χ4n) is 3.72. The summed E-state index contributed by atoms with van der Waals surface area (Å²) < 4.78 is 7.41. The number of hydrogen-bond donors (Lipinski definition) is 1. The number of ether oxygens (including phenoxy) is 1. The van der Waals surface area contributed by atoms with Gasteiger partial charge in [0.15, 0.2) is 5.13 Å². The number of amides is 2. The lowest BCUT2D eigenvalue weighted by Gasteiger charge is -2.29. The van der Waals surface area contributed by atoms with Crippen molar-refractivity contribution in [3.05, 3.63) is 63.4 Å². The van der Waals surface area contributed by atoms with E-state index in [9.17, 15) is 9.59 Å². The molecule has 0 saturated heterocycles. The third kappa shape index (κ3) is 5.60. The Balaban J connectivity index is 1.42. The van der Waals surface area contributed by atoms with E-state index in [2.05, 4.69) is 15.4 Å². The van der Waals surface area contributed by atoms with E-state index in [1.807, 2.05) is 63.6 Å². The highest BCUT2D eigenvalue weighted by Crippen LogP contribution is 2.29. The molecule has 3 aromatic rings. The largest absolute Gasteiger partial charge is 0.444 e. The number of carbonyl (C=O) groups excluding carboxylic acids is 2. The van der Waals surface area contributed by atoms with Gasteiger partial charge in [0.05, 0.1) is 24.5 Å². The average molecular weight is 468 g/mol. The Morgan fingerprint density at radius 3 is 2.70 bits per heavy atom. The first-order valence-electron chi connectivity index (χ1n) is 11.0. The highest BCUT2D eigenvalue weighted by Gasteiger charge is 2.28. The minimum absolute atomic E-state index is 0.208. The number of nitrogens with zero attached hydrogens (tertiary/aromatic N) is 4. The molecule has 4 rings (SSSR count). The van der Waals surface area contributed by atoms with Crippen molar-refractivity contribution in [2.24, 2.45) is 0 Å². The van der Waals surface area contributed by atoms with Crippen LogP contribution in [0, 0.1) is 13.8 Å². The van der Waals surface area contributed by atoms with Crippen molar-refractivity contribution >= 4 is 28.5 Å². The van der Waals surface area contributed by atoms with Crippen LogP contribution < -0.4 is 5.32 Å². The van der Waals surface area contributed by atoms with Crippen molar-refractivity contribution in [1.29, 1.82) is 0 Å². The van der Waals surface area contributed by atoms with Crippen molar-refractivity contribution in [2.75, 3.05) is 11.9 Å². The van der Waals surface area contributed by atoms with Gasteiger partial charge in [0.2, 0.25) is 0 Å². The first kappa shape index (κ1) is 23.0. The summed E-state index contributed by atoms with van der Waals surface area (Å²) in [5, 5.41) is 7.95. The minimum atomic E-state index is -0.534. The van der Waals surface area contributed by atoms with E-state index in [1.165, 1.54) is 11.3 Å². The number of carbonyl (C=O) groups is 2. The third-order valence-corrected chi connectivity index (χ3v) is 6.23. The zero-order valence-electron chi connectivity index (χ0n) is 19.6. The Morgan fingerprint density at radius 2 is 2.00 bits per heavy atom. The predicted molar refractivity (Wildman–Crippen MR) is 128 cm³/mol. The Hall–Kier alpha value is -3.20. The number of thiazole rings is 1. The van der Waals surface area contributed by atoms with E-state index in [-0.39, 0.29) is 12.0 Å². The maximum Gasteiger partial charge on any atom is 0.410 e. The Kier molecular flexibility index (Phi) is 6.25. The van der Waals surface area contributed by atoms with E-state index < -0.39 is 5.60 Å². The number of nitrogens with one attached hydrogen (secondary N) is 1. The number of anilines is 1. The molecule has 3 heterocycles. The fraction of sp³-hybridized carbons (Fsp3) is 0.417. The molecule has 1 N–H and O–H groups in total. The number of rotatable bonds is 4. The van der Waals surface area contributed by atoms with Gasteiger partial charge in [-0.3, -0.25) is 14.8 Å². The van der Waals surface area contributed by atoms with Crippen molar-refractivity contribution in [3.63, 3.8) is 0 Å². The Bertz CT molecular complexity index is 1190. The highest BCUT2D eigenvalue weighted by atomic mass is 32.1. The molecule has 0 saturated carbocycles. The topological polar surface area (TPSA) is 89.4 Å². The highest BCUT2D eigenvalue weighted by molar-refractivity contribution is 7.15. The van der Waals surface area contributed by atoms with E-state index in [1.54, 1.807) is 11.0 Å². The van der Waals surface area contributed by atoms with Crippen molar-refractivity contribution in [2.45, 2.75) is 59.7 Å². The predicted octanol–water partition coefficient (Wildman–Crippen LogP) is 4.55. The molecule has 0 aliphatic carbocycles. The van der Waals surface area contributed by atoms with Gasteiger partial charge in [-0.15, -0.1) is 0 Å². The quantitative estimate of drug-likeness (QED) is 0.608.